The van der Waals surface area contributed by atoms with Gasteiger partial charge in [0.05, 0.1) is 18.6 Å². The first-order valence-corrected chi connectivity index (χ1v) is 4.94. The molecule has 0 saturated carbocycles. The van der Waals surface area contributed by atoms with Crippen molar-refractivity contribution >= 4 is 11.7 Å². The summed E-state index contributed by atoms with van der Waals surface area (Å²) in [6.07, 6.45) is 0.0437. The van der Waals surface area contributed by atoms with Crippen molar-refractivity contribution in [1.82, 2.24) is 4.90 Å². The van der Waals surface area contributed by atoms with Crippen molar-refractivity contribution in [3.05, 3.63) is 0 Å². The summed E-state index contributed by atoms with van der Waals surface area (Å²) in [6, 6.07) is 0. The van der Waals surface area contributed by atoms with E-state index in [1.807, 2.05) is 6.92 Å². The van der Waals surface area contributed by atoms with E-state index in [0.717, 1.165) is 0 Å². The van der Waals surface area contributed by atoms with E-state index in [0.29, 0.717) is 19.7 Å². The highest BCUT2D eigenvalue weighted by molar-refractivity contribution is 6.01. The molecule has 0 aliphatic carbocycles. The number of hydrogen-bond acceptors (Lipinski definition) is 4. The van der Waals surface area contributed by atoms with Gasteiger partial charge in [-0.05, 0) is 13.8 Å². The van der Waals surface area contributed by atoms with Crippen LogP contribution in [0.2, 0.25) is 0 Å². The van der Waals surface area contributed by atoms with Crippen LogP contribution < -0.4 is 5.73 Å². The summed E-state index contributed by atoms with van der Waals surface area (Å²) in [6.45, 7) is 5.19. The van der Waals surface area contributed by atoms with E-state index in [1.54, 1.807) is 11.8 Å². The fourth-order valence-corrected chi connectivity index (χ4v) is 1.51. The number of oxime groups is 1. The molecule has 3 N–H and O–H groups in total. The Bertz CT molecular complexity index is 267. The summed E-state index contributed by atoms with van der Waals surface area (Å²) in [7, 11) is 0. The van der Waals surface area contributed by atoms with Crippen LogP contribution in [-0.4, -0.2) is 47.7 Å². The van der Waals surface area contributed by atoms with Gasteiger partial charge in [-0.2, -0.15) is 0 Å². The van der Waals surface area contributed by atoms with Crippen molar-refractivity contribution in [3.63, 3.8) is 0 Å². The molecule has 15 heavy (non-hydrogen) atoms. The highest BCUT2D eigenvalue weighted by atomic mass is 16.5. The monoisotopic (exact) mass is 215 g/mol. The topological polar surface area (TPSA) is 88.2 Å². The van der Waals surface area contributed by atoms with E-state index < -0.39 is 5.92 Å². The van der Waals surface area contributed by atoms with Gasteiger partial charge < -0.3 is 20.6 Å². The third-order valence-electron chi connectivity index (χ3n) is 2.48. The van der Waals surface area contributed by atoms with Gasteiger partial charge in [-0.3, -0.25) is 4.79 Å². The summed E-state index contributed by atoms with van der Waals surface area (Å²) in [5.74, 6) is -0.764. The average molecular weight is 215 g/mol. The van der Waals surface area contributed by atoms with Crippen LogP contribution in [0.25, 0.3) is 0 Å². The first-order valence-electron chi connectivity index (χ1n) is 4.94. The second-order valence-corrected chi connectivity index (χ2v) is 3.71. The lowest BCUT2D eigenvalue weighted by atomic mass is 10.1. The number of amidine groups is 1. The van der Waals surface area contributed by atoms with Crippen molar-refractivity contribution in [2.45, 2.75) is 20.0 Å². The third-order valence-corrected chi connectivity index (χ3v) is 2.48. The number of nitrogens with zero attached hydrogens (tertiary/aromatic N) is 2. The molecule has 0 spiro atoms. The van der Waals surface area contributed by atoms with E-state index in [9.17, 15) is 4.79 Å². The van der Waals surface area contributed by atoms with E-state index in [1.165, 1.54) is 0 Å². The fraction of sp³-hybridized carbons (Fsp3) is 0.778. The van der Waals surface area contributed by atoms with Crippen molar-refractivity contribution in [2.75, 3.05) is 19.7 Å². The van der Waals surface area contributed by atoms with Crippen LogP contribution in [0.1, 0.15) is 13.8 Å². The van der Waals surface area contributed by atoms with Gasteiger partial charge in [0.1, 0.15) is 0 Å². The molecule has 1 heterocycles. The van der Waals surface area contributed by atoms with Crippen LogP contribution in [0.15, 0.2) is 5.16 Å². The number of nitrogens with two attached hydrogens (primary N) is 1. The molecule has 0 aromatic heterocycles. The molecule has 2 unspecified atom stereocenters. The summed E-state index contributed by atoms with van der Waals surface area (Å²) in [5, 5.41) is 11.3. The molecule has 6 nitrogen and oxygen atoms in total. The van der Waals surface area contributed by atoms with E-state index >= 15 is 0 Å². The third kappa shape index (κ3) is 2.82. The van der Waals surface area contributed by atoms with Gasteiger partial charge in [-0.25, -0.2) is 0 Å². The van der Waals surface area contributed by atoms with Gasteiger partial charge >= 0.3 is 0 Å². The van der Waals surface area contributed by atoms with Crippen LogP contribution >= 0.6 is 0 Å². The zero-order chi connectivity index (χ0) is 11.4. The minimum atomic E-state index is -0.583. The Kier molecular flexibility index (Phi) is 3.90. The van der Waals surface area contributed by atoms with Crippen LogP contribution in [0.4, 0.5) is 0 Å². The maximum Gasteiger partial charge on any atom is 0.233 e. The number of carbonyl (C=O) groups excluding carboxylic acids is 1. The molecular weight excluding hydrogens is 198 g/mol. The van der Waals surface area contributed by atoms with Crippen molar-refractivity contribution in [3.8, 4) is 0 Å². The molecule has 2 atom stereocenters. The van der Waals surface area contributed by atoms with E-state index in [2.05, 4.69) is 5.16 Å². The van der Waals surface area contributed by atoms with E-state index in [4.69, 9.17) is 15.7 Å². The van der Waals surface area contributed by atoms with Gasteiger partial charge in [-0.15, -0.1) is 0 Å². The number of morpholine rings is 1. The van der Waals surface area contributed by atoms with Crippen molar-refractivity contribution in [2.24, 2.45) is 16.8 Å². The highest BCUT2D eigenvalue weighted by Gasteiger charge is 2.27. The lowest BCUT2D eigenvalue weighted by molar-refractivity contribution is -0.139. The van der Waals surface area contributed by atoms with Gasteiger partial charge in [0.2, 0.25) is 5.91 Å². The van der Waals surface area contributed by atoms with Gasteiger partial charge in [0.25, 0.3) is 0 Å². The van der Waals surface area contributed by atoms with Gasteiger partial charge in [-0.1, -0.05) is 5.16 Å². The maximum absolute atomic E-state index is 11.8. The standard InChI is InChI=1S/C9H17N3O3/c1-6-5-12(3-4-15-6)9(13)7(2)8(10)11-14/h6-7,14H,3-5H2,1-2H3,(H2,10,11). The Hall–Kier alpha value is -1.30. The maximum atomic E-state index is 11.8. The molecule has 1 aliphatic heterocycles. The highest BCUT2D eigenvalue weighted by Crippen LogP contribution is 2.09. The fourth-order valence-electron chi connectivity index (χ4n) is 1.51. The molecule has 1 aliphatic rings. The number of hydrogen-bond donors (Lipinski definition) is 2. The molecule has 1 saturated heterocycles. The summed E-state index contributed by atoms with van der Waals surface area (Å²) >= 11 is 0. The Balaban J connectivity index is 2.59. The van der Waals surface area contributed by atoms with Crippen LogP contribution in [-0.2, 0) is 9.53 Å². The lowest BCUT2D eigenvalue weighted by Crippen LogP contribution is -2.48. The number of rotatable bonds is 2. The zero-order valence-electron chi connectivity index (χ0n) is 9.01. The second kappa shape index (κ2) is 4.97. The summed E-state index contributed by atoms with van der Waals surface area (Å²) in [5.41, 5.74) is 5.38. The second-order valence-electron chi connectivity index (χ2n) is 3.71. The van der Waals surface area contributed by atoms with Crippen molar-refractivity contribution in [1.29, 1.82) is 0 Å². The van der Waals surface area contributed by atoms with Crippen LogP contribution in [0.3, 0.4) is 0 Å². The molecule has 0 bridgehead atoms. The molecule has 86 valence electrons. The Labute approximate surface area is 88.7 Å². The quantitative estimate of drug-likeness (QED) is 0.284. The van der Waals surface area contributed by atoms with Crippen LogP contribution in [0.5, 0.6) is 0 Å². The Morgan fingerprint density at radius 3 is 2.93 bits per heavy atom. The Morgan fingerprint density at radius 1 is 1.73 bits per heavy atom. The molecule has 1 rings (SSSR count). The summed E-state index contributed by atoms with van der Waals surface area (Å²) < 4.78 is 5.32. The van der Waals surface area contributed by atoms with Crippen LogP contribution in [0, 0.1) is 5.92 Å². The minimum Gasteiger partial charge on any atom is -0.409 e. The zero-order valence-corrected chi connectivity index (χ0v) is 9.01. The predicted molar refractivity (Wildman–Crippen MR) is 54.6 cm³/mol. The van der Waals surface area contributed by atoms with Crippen molar-refractivity contribution < 1.29 is 14.7 Å². The molecular formula is C9H17N3O3. The molecule has 1 amide bonds. The van der Waals surface area contributed by atoms with Gasteiger partial charge in [0.15, 0.2) is 5.84 Å². The first-order chi connectivity index (χ1) is 7.06. The molecule has 1 fully saturated rings. The van der Waals surface area contributed by atoms with E-state index in [-0.39, 0.29) is 17.8 Å². The summed E-state index contributed by atoms with van der Waals surface area (Å²) in [4.78, 5) is 13.5. The smallest absolute Gasteiger partial charge is 0.233 e. The number of ether oxygens (including phenoxy) is 1. The molecule has 0 aromatic rings. The minimum absolute atomic E-state index is 0.0437. The normalized spacial score (nSPS) is 25.1. The number of carbonyl (C=O) groups is 1. The largest absolute Gasteiger partial charge is 0.409 e. The first kappa shape index (κ1) is 11.8. The lowest BCUT2D eigenvalue weighted by Gasteiger charge is -2.32. The molecule has 0 radical (unpaired) electrons. The SMILES string of the molecule is CC1CN(C(=O)C(C)C(N)=NO)CCO1. The molecule has 0 aromatic carbocycles. The molecule has 6 heteroatoms. The predicted octanol–water partition coefficient (Wildman–Crippen LogP) is -0.384. The average Bonchev–Trinajstić information content (AvgIpc) is 2.26. The van der Waals surface area contributed by atoms with Gasteiger partial charge in [0, 0.05) is 13.1 Å². The number of amides is 1. The Morgan fingerprint density at radius 2 is 2.40 bits per heavy atom.